The number of carbonyl (C=O) groups is 2. The zero-order valence-corrected chi connectivity index (χ0v) is 16.6. The van der Waals surface area contributed by atoms with Crippen molar-refractivity contribution < 1.29 is 19.2 Å². The van der Waals surface area contributed by atoms with Crippen molar-refractivity contribution in [2.45, 2.75) is 32.4 Å². The molecule has 0 radical (unpaired) electrons. The first kappa shape index (κ1) is 20.5. The quantitative estimate of drug-likeness (QED) is 0.546. The van der Waals surface area contributed by atoms with Crippen molar-refractivity contribution in [3.05, 3.63) is 81.9 Å². The monoisotopic (exact) mass is 396 g/mol. The van der Waals surface area contributed by atoms with Crippen LogP contribution in [0.5, 0.6) is 0 Å². The summed E-state index contributed by atoms with van der Waals surface area (Å²) in [6, 6.07) is 18.0. The third-order valence-electron chi connectivity index (χ3n) is 5.26. The zero-order valence-electron chi connectivity index (χ0n) is 16.6. The van der Waals surface area contributed by atoms with Crippen LogP contribution in [0.4, 0.5) is 4.79 Å². The molecular weight excluding hydrogens is 372 g/mol. The van der Waals surface area contributed by atoms with Gasteiger partial charge in [-0.25, -0.2) is 9.69 Å². The molecule has 2 aromatic rings. The van der Waals surface area contributed by atoms with Crippen molar-refractivity contribution in [2.24, 2.45) is 11.8 Å². The topological polar surface area (TPSA) is 89.8 Å². The number of rotatable bonds is 6. The molecule has 7 nitrogen and oxygen atoms in total. The van der Waals surface area contributed by atoms with Crippen molar-refractivity contribution in [2.75, 3.05) is 6.54 Å². The van der Waals surface area contributed by atoms with E-state index in [1.54, 1.807) is 0 Å². The Morgan fingerprint density at radius 1 is 1.07 bits per heavy atom. The molecule has 29 heavy (non-hydrogen) atoms. The summed E-state index contributed by atoms with van der Waals surface area (Å²) >= 11 is 0. The number of cyclic esters (lactones) is 1. The molecule has 3 rings (SSSR count). The van der Waals surface area contributed by atoms with Crippen LogP contribution in [0.2, 0.25) is 0 Å². The Morgan fingerprint density at radius 3 is 1.97 bits per heavy atom. The molecule has 1 unspecified atom stereocenters. The molecule has 0 N–H and O–H groups in total. The lowest BCUT2D eigenvalue weighted by Gasteiger charge is -2.37. The van der Waals surface area contributed by atoms with E-state index in [1.165, 1.54) is 6.92 Å². The first-order chi connectivity index (χ1) is 13.8. The lowest BCUT2D eigenvalue weighted by atomic mass is 9.75. The maximum atomic E-state index is 13.1. The number of carbonyl (C=O) groups excluding carboxylic acids is 2. The summed E-state index contributed by atoms with van der Waals surface area (Å²) < 4.78 is 5.98. The molecule has 152 valence electrons. The number of imide groups is 1. The van der Waals surface area contributed by atoms with Crippen LogP contribution in [-0.2, 0) is 15.1 Å². The molecule has 2 amide bonds. The van der Waals surface area contributed by atoms with Crippen LogP contribution < -0.4 is 0 Å². The molecule has 2 atom stereocenters. The summed E-state index contributed by atoms with van der Waals surface area (Å²) in [6.07, 6.45) is -0.781. The molecule has 0 spiro atoms. The summed E-state index contributed by atoms with van der Waals surface area (Å²) in [7, 11) is 0. The third kappa shape index (κ3) is 3.60. The lowest BCUT2D eigenvalue weighted by molar-refractivity contribution is -0.485. The zero-order chi connectivity index (χ0) is 21.2. The van der Waals surface area contributed by atoms with Gasteiger partial charge in [-0.15, -0.1) is 0 Å². The van der Waals surface area contributed by atoms with Gasteiger partial charge in [0.2, 0.25) is 12.5 Å². The maximum Gasteiger partial charge on any atom is 0.418 e. The summed E-state index contributed by atoms with van der Waals surface area (Å²) in [4.78, 5) is 37.5. The molecule has 1 fully saturated rings. The van der Waals surface area contributed by atoms with E-state index in [2.05, 4.69) is 0 Å². The van der Waals surface area contributed by atoms with Gasteiger partial charge < -0.3 is 4.74 Å². The fourth-order valence-corrected chi connectivity index (χ4v) is 4.07. The number of benzene rings is 2. The SMILES string of the molecule is CC(C)C1N(C(=O)[C@@H](C)C[N+](=O)[O-])C(=O)OC1(c1ccccc1)c1ccccc1. The van der Waals surface area contributed by atoms with Crippen LogP contribution in [0.15, 0.2) is 60.7 Å². The molecule has 0 aromatic heterocycles. The van der Waals surface area contributed by atoms with Crippen molar-refractivity contribution in [3.8, 4) is 0 Å². The summed E-state index contributed by atoms with van der Waals surface area (Å²) in [6.45, 7) is 4.73. The Bertz CT molecular complexity index is 858. The number of nitrogens with zero attached hydrogens (tertiary/aromatic N) is 2. The maximum absolute atomic E-state index is 13.1. The van der Waals surface area contributed by atoms with Gasteiger partial charge in [0, 0.05) is 16.1 Å². The van der Waals surface area contributed by atoms with Crippen LogP contribution >= 0.6 is 0 Å². The molecule has 0 aliphatic carbocycles. The van der Waals surface area contributed by atoms with Crippen LogP contribution in [0.25, 0.3) is 0 Å². The first-order valence-electron chi connectivity index (χ1n) is 9.58. The lowest BCUT2D eigenvalue weighted by Crippen LogP contribution is -2.51. The highest BCUT2D eigenvalue weighted by Crippen LogP contribution is 2.47. The fraction of sp³-hybridized carbons (Fsp3) is 0.364. The van der Waals surface area contributed by atoms with E-state index in [4.69, 9.17) is 4.74 Å². The summed E-state index contributed by atoms with van der Waals surface area (Å²) in [5, 5.41) is 10.9. The summed E-state index contributed by atoms with van der Waals surface area (Å²) in [5.74, 6) is -1.70. The van der Waals surface area contributed by atoms with E-state index in [0.717, 1.165) is 16.0 Å². The van der Waals surface area contributed by atoms with Gasteiger partial charge in [-0.2, -0.15) is 0 Å². The predicted molar refractivity (Wildman–Crippen MR) is 107 cm³/mol. The Balaban J connectivity index is 2.18. The van der Waals surface area contributed by atoms with Crippen molar-refractivity contribution in [1.29, 1.82) is 0 Å². The number of hydrogen-bond donors (Lipinski definition) is 0. The normalized spacial score (nSPS) is 19.1. The largest absolute Gasteiger partial charge is 0.430 e. The second-order valence-corrected chi connectivity index (χ2v) is 7.65. The smallest absolute Gasteiger partial charge is 0.418 e. The highest BCUT2D eigenvalue weighted by Gasteiger charge is 2.59. The Hall–Kier alpha value is -3.22. The van der Waals surface area contributed by atoms with Gasteiger partial charge in [0.15, 0.2) is 5.60 Å². The highest BCUT2D eigenvalue weighted by atomic mass is 16.6. The molecule has 1 heterocycles. The van der Waals surface area contributed by atoms with Gasteiger partial charge in [-0.3, -0.25) is 14.9 Å². The fourth-order valence-electron chi connectivity index (χ4n) is 4.07. The summed E-state index contributed by atoms with van der Waals surface area (Å²) in [5.41, 5.74) is 0.295. The molecule has 0 bridgehead atoms. The number of nitro groups is 1. The average Bonchev–Trinajstić information content (AvgIpc) is 3.02. The molecule has 1 saturated heterocycles. The van der Waals surface area contributed by atoms with Crippen LogP contribution in [-0.4, -0.2) is 34.4 Å². The molecular formula is C22H24N2O5. The van der Waals surface area contributed by atoms with Gasteiger partial charge >= 0.3 is 6.09 Å². The second kappa shape index (κ2) is 8.03. The number of amides is 2. The van der Waals surface area contributed by atoms with E-state index < -0.39 is 41.0 Å². The predicted octanol–water partition coefficient (Wildman–Crippen LogP) is 3.85. The third-order valence-corrected chi connectivity index (χ3v) is 5.26. The van der Waals surface area contributed by atoms with Gasteiger partial charge in [0.1, 0.15) is 5.92 Å². The Labute approximate surface area is 169 Å². The van der Waals surface area contributed by atoms with E-state index in [-0.39, 0.29) is 5.92 Å². The standard InChI is InChI=1S/C22H24N2O5/c1-15(2)19-22(17-10-6-4-7-11-17,18-12-8-5-9-13-18)29-21(26)24(19)20(25)16(3)14-23(27)28/h4-13,15-16,19H,14H2,1-3H3/t16-,19?/m0/s1. The van der Waals surface area contributed by atoms with E-state index >= 15 is 0 Å². The number of hydrogen-bond acceptors (Lipinski definition) is 5. The number of ether oxygens (including phenoxy) is 1. The Kier molecular flexibility index (Phi) is 5.68. The second-order valence-electron chi connectivity index (χ2n) is 7.65. The minimum atomic E-state index is -1.20. The van der Waals surface area contributed by atoms with Gasteiger partial charge in [0.05, 0.1) is 6.04 Å². The van der Waals surface area contributed by atoms with Gasteiger partial charge in [0.25, 0.3) is 0 Å². The minimum absolute atomic E-state index is 0.159. The highest BCUT2D eigenvalue weighted by molar-refractivity contribution is 5.95. The Morgan fingerprint density at radius 2 is 1.55 bits per heavy atom. The van der Waals surface area contributed by atoms with Crippen molar-refractivity contribution in [3.63, 3.8) is 0 Å². The van der Waals surface area contributed by atoms with Gasteiger partial charge in [-0.05, 0) is 12.8 Å². The first-order valence-corrected chi connectivity index (χ1v) is 9.58. The van der Waals surface area contributed by atoms with Crippen molar-refractivity contribution in [1.82, 2.24) is 4.90 Å². The molecule has 1 aliphatic rings. The molecule has 1 aliphatic heterocycles. The average molecular weight is 396 g/mol. The molecule has 0 saturated carbocycles. The van der Waals surface area contributed by atoms with E-state index in [9.17, 15) is 19.7 Å². The molecule has 7 heteroatoms. The van der Waals surface area contributed by atoms with Crippen LogP contribution in [0, 0.1) is 22.0 Å². The van der Waals surface area contributed by atoms with E-state index in [1.807, 2.05) is 74.5 Å². The van der Waals surface area contributed by atoms with Crippen LogP contribution in [0.1, 0.15) is 31.9 Å². The minimum Gasteiger partial charge on any atom is -0.430 e. The van der Waals surface area contributed by atoms with Gasteiger partial charge in [-0.1, -0.05) is 74.5 Å². The van der Waals surface area contributed by atoms with E-state index in [0.29, 0.717) is 0 Å². The molecule has 2 aromatic carbocycles. The van der Waals surface area contributed by atoms with Crippen molar-refractivity contribution >= 4 is 12.0 Å². The van der Waals surface area contributed by atoms with Crippen LogP contribution in [0.3, 0.4) is 0 Å².